The van der Waals surface area contributed by atoms with E-state index < -0.39 is 21.2 Å². The maximum Gasteiger partial charge on any atom is 0.240 e. The molecule has 0 radical (unpaired) electrons. The van der Waals surface area contributed by atoms with E-state index in [1.165, 1.54) is 25.3 Å². The van der Waals surface area contributed by atoms with Crippen molar-refractivity contribution < 1.29 is 18.3 Å². The van der Waals surface area contributed by atoms with Crippen LogP contribution in [0.3, 0.4) is 0 Å². The molecule has 0 bridgehead atoms. The molecule has 1 aromatic carbocycles. The molecule has 0 aliphatic rings. The van der Waals surface area contributed by atoms with Crippen LogP contribution in [0.5, 0.6) is 11.5 Å². The van der Waals surface area contributed by atoms with Crippen molar-refractivity contribution in [1.29, 1.82) is 0 Å². The standard InChI is InChI=1S/C17H22N2O5S/c1-4-9-19-12(2)10-16(20)17(21)15(19)11-18-25(22,23)14-7-5-13(24-3)6-8-14/h5-8,10,18,21H,4,9,11H2,1-3H3. The summed E-state index contributed by atoms with van der Waals surface area (Å²) in [7, 11) is -2.29. The monoisotopic (exact) mass is 366 g/mol. The fraction of sp³-hybridized carbons (Fsp3) is 0.353. The summed E-state index contributed by atoms with van der Waals surface area (Å²) in [6, 6.07) is 7.29. The highest BCUT2D eigenvalue weighted by Crippen LogP contribution is 2.18. The SMILES string of the molecule is CCCn1c(C)cc(=O)c(O)c1CNS(=O)(=O)c1ccc(OC)cc1. The van der Waals surface area contributed by atoms with Gasteiger partial charge in [0.15, 0.2) is 5.75 Å². The Bertz CT molecular complexity index is 902. The van der Waals surface area contributed by atoms with Gasteiger partial charge in [0.25, 0.3) is 0 Å². The van der Waals surface area contributed by atoms with Crippen molar-refractivity contribution in [3.05, 3.63) is 51.9 Å². The molecule has 0 spiro atoms. The predicted molar refractivity (Wildman–Crippen MR) is 94.4 cm³/mol. The molecule has 0 unspecified atom stereocenters. The minimum atomic E-state index is -3.79. The van der Waals surface area contributed by atoms with Crippen LogP contribution in [0.2, 0.25) is 0 Å². The smallest absolute Gasteiger partial charge is 0.240 e. The van der Waals surface area contributed by atoms with E-state index in [9.17, 15) is 18.3 Å². The molecular weight excluding hydrogens is 344 g/mol. The van der Waals surface area contributed by atoms with Crippen LogP contribution in [-0.2, 0) is 23.1 Å². The number of sulfonamides is 1. The fourth-order valence-corrected chi connectivity index (χ4v) is 3.52. The van der Waals surface area contributed by atoms with Crippen LogP contribution in [0.4, 0.5) is 0 Å². The van der Waals surface area contributed by atoms with E-state index in [2.05, 4.69) is 4.72 Å². The first-order valence-corrected chi connectivity index (χ1v) is 9.34. The molecule has 1 aromatic heterocycles. The minimum absolute atomic E-state index is 0.0739. The lowest BCUT2D eigenvalue weighted by Gasteiger charge is -2.18. The molecule has 25 heavy (non-hydrogen) atoms. The van der Waals surface area contributed by atoms with Gasteiger partial charge in [-0.1, -0.05) is 6.92 Å². The number of nitrogens with zero attached hydrogens (tertiary/aromatic N) is 1. The lowest BCUT2D eigenvalue weighted by atomic mass is 10.2. The highest BCUT2D eigenvalue weighted by molar-refractivity contribution is 7.89. The third kappa shape index (κ3) is 4.21. The Labute approximate surface area is 146 Å². The number of benzene rings is 1. The van der Waals surface area contributed by atoms with Gasteiger partial charge >= 0.3 is 0 Å². The van der Waals surface area contributed by atoms with Gasteiger partial charge < -0.3 is 14.4 Å². The van der Waals surface area contributed by atoms with E-state index in [1.807, 2.05) is 6.92 Å². The number of methoxy groups -OCH3 is 1. The molecule has 2 aromatic rings. The van der Waals surface area contributed by atoms with Crippen molar-refractivity contribution in [2.24, 2.45) is 0 Å². The Hall–Kier alpha value is -2.32. The summed E-state index contributed by atoms with van der Waals surface area (Å²) in [4.78, 5) is 11.9. The zero-order valence-corrected chi connectivity index (χ0v) is 15.3. The maximum absolute atomic E-state index is 12.4. The summed E-state index contributed by atoms with van der Waals surface area (Å²) >= 11 is 0. The molecule has 0 atom stereocenters. The van der Waals surface area contributed by atoms with Gasteiger partial charge in [0.2, 0.25) is 15.5 Å². The van der Waals surface area contributed by atoms with Crippen LogP contribution in [0.25, 0.3) is 0 Å². The van der Waals surface area contributed by atoms with Gasteiger partial charge in [-0.15, -0.1) is 0 Å². The zero-order chi connectivity index (χ0) is 18.6. The number of ether oxygens (including phenoxy) is 1. The normalized spacial score (nSPS) is 11.5. The Morgan fingerprint density at radius 3 is 2.44 bits per heavy atom. The molecule has 0 saturated carbocycles. The van der Waals surface area contributed by atoms with Crippen molar-refractivity contribution in [2.75, 3.05) is 7.11 Å². The number of hydrogen-bond donors (Lipinski definition) is 2. The van der Waals surface area contributed by atoms with E-state index >= 15 is 0 Å². The summed E-state index contributed by atoms with van der Waals surface area (Å²) in [5, 5.41) is 10.1. The first-order chi connectivity index (χ1) is 11.8. The van der Waals surface area contributed by atoms with E-state index in [4.69, 9.17) is 4.74 Å². The lowest BCUT2D eigenvalue weighted by molar-refractivity contribution is 0.414. The molecule has 136 valence electrons. The second kappa shape index (κ2) is 7.71. The molecule has 0 amide bonds. The molecule has 1 heterocycles. The van der Waals surface area contributed by atoms with Gasteiger partial charge in [0.1, 0.15) is 5.75 Å². The van der Waals surface area contributed by atoms with Gasteiger partial charge in [-0.05, 0) is 37.6 Å². The molecule has 7 nitrogen and oxygen atoms in total. The van der Waals surface area contributed by atoms with Crippen LogP contribution in [0.1, 0.15) is 24.7 Å². The number of hydrogen-bond acceptors (Lipinski definition) is 5. The molecule has 0 fully saturated rings. The number of pyridine rings is 1. The predicted octanol–water partition coefficient (Wildman–Crippen LogP) is 1.76. The second-order valence-electron chi connectivity index (χ2n) is 5.60. The van der Waals surface area contributed by atoms with Crippen molar-refractivity contribution in [1.82, 2.24) is 9.29 Å². The van der Waals surface area contributed by atoms with Gasteiger partial charge in [-0.25, -0.2) is 13.1 Å². The van der Waals surface area contributed by atoms with Crippen molar-refractivity contribution >= 4 is 10.0 Å². The first kappa shape index (κ1) is 19.0. The van der Waals surface area contributed by atoms with Crippen LogP contribution < -0.4 is 14.9 Å². The van der Waals surface area contributed by atoms with Gasteiger partial charge in [-0.2, -0.15) is 0 Å². The summed E-state index contributed by atoms with van der Waals surface area (Å²) in [6.07, 6.45) is 0.779. The molecule has 0 saturated heterocycles. The van der Waals surface area contributed by atoms with Gasteiger partial charge in [0, 0.05) is 18.3 Å². The van der Waals surface area contributed by atoms with E-state index in [-0.39, 0.29) is 17.1 Å². The van der Waals surface area contributed by atoms with Crippen LogP contribution in [0, 0.1) is 6.92 Å². The summed E-state index contributed by atoms with van der Waals surface area (Å²) in [5.41, 5.74) is 0.399. The fourth-order valence-electron chi connectivity index (χ4n) is 2.53. The molecule has 2 rings (SSSR count). The quantitative estimate of drug-likeness (QED) is 0.778. The second-order valence-corrected chi connectivity index (χ2v) is 7.36. The van der Waals surface area contributed by atoms with Crippen molar-refractivity contribution in [3.8, 4) is 11.5 Å². The number of nitrogens with one attached hydrogen (secondary N) is 1. The minimum Gasteiger partial charge on any atom is -0.503 e. The van der Waals surface area contributed by atoms with E-state index in [0.717, 1.165) is 6.42 Å². The summed E-state index contributed by atoms with van der Waals surface area (Å²) < 4.78 is 34.1. The third-order valence-electron chi connectivity index (χ3n) is 3.84. The molecule has 0 aliphatic heterocycles. The van der Waals surface area contributed by atoms with Crippen molar-refractivity contribution in [2.45, 2.75) is 38.3 Å². The van der Waals surface area contributed by atoms with Gasteiger partial charge in [0.05, 0.1) is 24.2 Å². The van der Waals surface area contributed by atoms with E-state index in [1.54, 1.807) is 23.6 Å². The Morgan fingerprint density at radius 1 is 1.24 bits per heavy atom. The van der Waals surface area contributed by atoms with E-state index in [0.29, 0.717) is 18.0 Å². The summed E-state index contributed by atoms with van der Waals surface area (Å²) in [6.45, 7) is 4.09. The lowest BCUT2D eigenvalue weighted by Crippen LogP contribution is -2.27. The number of rotatable bonds is 7. The van der Waals surface area contributed by atoms with Crippen LogP contribution >= 0.6 is 0 Å². The molecular formula is C17H22N2O5S. The molecule has 8 heteroatoms. The maximum atomic E-state index is 12.4. The first-order valence-electron chi connectivity index (χ1n) is 7.86. The summed E-state index contributed by atoms with van der Waals surface area (Å²) in [5.74, 6) is 0.114. The van der Waals surface area contributed by atoms with Crippen LogP contribution in [-0.4, -0.2) is 25.2 Å². The van der Waals surface area contributed by atoms with Crippen LogP contribution in [0.15, 0.2) is 40.0 Å². The molecule has 0 aliphatic carbocycles. The Balaban J connectivity index is 2.32. The average Bonchev–Trinajstić information content (AvgIpc) is 2.59. The Morgan fingerprint density at radius 2 is 1.88 bits per heavy atom. The van der Waals surface area contributed by atoms with Crippen molar-refractivity contribution in [3.63, 3.8) is 0 Å². The average molecular weight is 366 g/mol. The Kier molecular flexibility index (Phi) is 5.86. The largest absolute Gasteiger partial charge is 0.503 e. The highest BCUT2D eigenvalue weighted by Gasteiger charge is 2.18. The zero-order valence-electron chi connectivity index (χ0n) is 14.4. The third-order valence-corrected chi connectivity index (χ3v) is 5.26. The highest BCUT2D eigenvalue weighted by atomic mass is 32.2. The molecule has 2 N–H and O–H groups in total. The number of aryl methyl sites for hydroxylation is 1. The van der Waals surface area contributed by atoms with Gasteiger partial charge in [-0.3, -0.25) is 4.79 Å². The topological polar surface area (TPSA) is 97.6 Å². The number of aromatic hydroxyl groups is 1. The number of aromatic nitrogens is 1.